The Morgan fingerprint density at radius 3 is 2.50 bits per heavy atom. The van der Waals surface area contributed by atoms with E-state index in [0.717, 1.165) is 0 Å². The summed E-state index contributed by atoms with van der Waals surface area (Å²) in [6, 6.07) is 8.85. The molecule has 0 heterocycles. The molecular weight excluding hydrogens is 226 g/mol. The lowest BCUT2D eigenvalue weighted by Gasteiger charge is -2.19. The second-order valence-corrected chi connectivity index (χ2v) is 5.00. The van der Waals surface area contributed by atoms with Crippen LogP contribution in [-0.2, 0) is 11.1 Å². The molecule has 1 rings (SSSR count). The van der Waals surface area contributed by atoms with Crippen LogP contribution in [0.5, 0.6) is 0 Å². The Labute approximate surface area is 97.6 Å². The average molecular weight is 241 g/mol. The molecule has 2 unspecified atom stereocenters. The van der Waals surface area contributed by atoms with Gasteiger partial charge in [0.1, 0.15) is 0 Å². The zero-order valence-electron chi connectivity index (χ0n) is 9.29. The van der Waals surface area contributed by atoms with Crippen molar-refractivity contribution < 1.29 is 13.6 Å². The minimum atomic E-state index is -1.90. The Morgan fingerprint density at radius 1 is 1.44 bits per heavy atom. The first-order valence-electron chi connectivity index (χ1n) is 4.92. The van der Waals surface area contributed by atoms with Crippen LogP contribution in [-0.4, -0.2) is 38.4 Å². The van der Waals surface area contributed by atoms with Crippen molar-refractivity contribution in [2.75, 3.05) is 13.6 Å². The molecule has 4 nitrogen and oxygen atoms in total. The lowest BCUT2D eigenvalue weighted by atomic mass is 10.2. The average Bonchev–Trinajstić information content (AvgIpc) is 2.28. The Hall–Kier alpha value is -1.20. The fourth-order valence-corrected chi connectivity index (χ4v) is 1.68. The van der Waals surface area contributed by atoms with Crippen molar-refractivity contribution in [3.05, 3.63) is 35.9 Å². The molecular formula is C11H15NO3S. The lowest BCUT2D eigenvalue weighted by Crippen LogP contribution is -2.34. The lowest BCUT2D eigenvalue weighted by molar-refractivity contribution is 0.0796. The Bertz CT molecular complexity index is 380. The van der Waals surface area contributed by atoms with Gasteiger partial charge in [-0.1, -0.05) is 18.2 Å². The topological polar surface area (TPSA) is 57.6 Å². The molecule has 2 atom stereocenters. The van der Waals surface area contributed by atoms with Crippen molar-refractivity contribution in [3.63, 3.8) is 0 Å². The summed E-state index contributed by atoms with van der Waals surface area (Å²) in [5, 5.41) is -0.447. The maximum Gasteiger partial charge on any atom is 0.253 e. The van der Waals surface area contributed by atoms with Crippen molar-refractivity contribution in [3.8, 4) is 0 Å². The molecule has 0 radical (unpaired) electrons. The third kappa shape index (κ3) is 3.43. The van der Waals surface area contributed by atoms with Gasteiger partial charge in [-0.2, -0.15) is 0 Å². The number of hydrogen-bond donors (Lipinski definition) is 1. The molecule has 1 N–H and O–H groups in total. The number of carbonyl (C=O) groups excluding carboxylic acids is 1. The summed E-state index contributed by atoms with van der Waals surface area (Å²) in [6.45, 7) is 1.89. The molecule has 0 saturated heterocycles. The van der Waals surface area contributed by atoms with Gasteiger partial charge in [0.15, 0.2) is 11.1 Å². The van der Waals surface area contributed by atoms with Crippen LogP contribution < -0.4 is 0 Å². The van der Waals surface area contributed by atoms with Gasteiger partial charge in [-0.05, 0) is 19.1 Å². The van der Waals surface area contributed by atoms with Crippen LogP contribution in [0.25, 0.3) is 0 Å². The number of benzene rings is 1. The van der Waals surface area contributed by atoms with Crippen LogP contribution in [0.15, 0.2) is 30.3 Å². The number of rotatable bonds is 4. The highest BCUT2D eigenvalue weighted by atomic mass is 32.2. The van der Waals surface area contributed by atoms with Gasteiger partial charge in [-0.15, -0.1) is 0 Å². The standard InChI is InChI=1S/C11H15NO3S/c1-9(16(14)15)8-12(2)11(13)10-6-4-3-5-7-10/h3-7,9H,8H2,1-2H3,(H,14,15). The molecule has 1 aromatic rings. The summed E-state index contributed by atoms with van der Waals surface area (Å²) in [6.07, 6.45) is 0. The molecule has 88 valence electrons. The van der Waals surface area contributed by atoms with Gasteiger partial charge < -0.3 is 9.45 Å². The third-order valence-corrected chi connectivity index (χ3v) is 3.08. The fraction of sp³-hybridized carbons (Fsp3) is 0.364. The summed E-state index contributed by atoms with van der Waals surface area (Å²) in [5.41, 5.74) is 0.584. The maximum atomic E-state index is 11.8. The van der Waals surface area contributed by atoms with Crippen LogP contribution in [0, 0.1) is 0 Å². The predicted molar refractivity (Wildman–Crippen MR) is 63.6 cm³/mol. The smallest absolute Gasteiger partial charge is 0.253 e. The van der Waals surface area contributed by atoms with Gasteiger partial charge in [-0.3, -0.25) is 4.79 Å². The number of amides is 1. The second kappa shape index (κ2) is 5.77. The van der Waals surface area contributed by atoms with Crippen LogP contribution in [0.3, 0.4) is 0 Å². The second-order valence-electron chi connectivity index (χ2n) is 3.64. The SMILES string of the molecule is CC(CN(C)C(=O)c1ccccc1)S(=O)O. The summed E-state index contributed by atoms with van der Waals surface area (Å²) >= 11 is -1.90. The van der Waals surface area contributed by atoms with Crippen molar-refractivity contribution in [1.29, 1.82) is 0 Å². The Kier molecular flexibility index (Phi) is 4.64. The summed E-state index contributed by atoms with van der Waals surface area (Å²) in [7, 11) is 1.62. The van der Waals surface area contributed by atoms with E-state index < -0.39 is 16.3 Å². The largest absolute Gasteiger partial charge is 0.340 e. The molecule has 0 bridgehead atoms. The van der Waals surface area contributed by atoms with Gasteiger partial charge >= 0.3 is 0 Å². The normalized spacial score (nSPS) is 14.2. The fourth-order valence-electron chi connectivity index (χ4n) is 1.33. The van der Waals surface area contributed by atoms with E-state index in [1.54, 1.807) is 38.2 Å². The highest BCUT2D eigenvalue weighted by Gasteiger charge is 2.16. The molecule has 0 spiro atoms. The van der Waals surface area contributed by atoms with E-state index in [9.17, 15) is 9.00 Å². The summed E-state index contributed by atoms with van der Waals surface area (Å²) in [5.74, 6) is -0.141. The van der Waals surface area contributed by atoms with E-state index in [-0.39, 0.29) is 12.5 Å². The van der Waals surface area contributed by atoms with Crippen molar-refractivity contribution in [1.82, 2.24) is 4.90 Å². The van der Waals surface area contributed by atoms with Crippen LogP contribution in [0.2, 0.25) is 0 Å². The first-order chi connectivity index (χ1) is 7.52. The molecule has 16 heavy (non-hydrogen) atoms. The molecule has 1 amide bonds. The van der Waals surface area contributed by atoms with E-state index in [0.29, 0.717) is 5.56 Å². The van der Waals surface area contributed by atoms with Crippen LogP contribution >= 0.6 is 0 Å². The molecule has 0 aromatic heterocycles. The summed E-state index contributed by atoms with van der Waals surface area (Å²) < 4.78 is 19.6. The van der Waals surface area contributed by atoms with E-state index in [4.69, 9.17) is 4.55 Å². The first kappa shape index (κ1) is 12.9. The van der Waals surface area contributed by atoms with Crippen molar-refractivity contribution in [2.45, 2.75) is 12.2 Å². The van der Waals surface area contributed by atoms with Gasteiger partial charge in [0, 0.05) is 19.2 Å². The van der Waals surface area contributed by atoms with Crippen molar-refractivity contribution >= 4 is 17.0 Å². The minimum Gasteiger partial charge on any atom is -0.340 e. The zero-order valence-corrected chi connectivity index (χ0v) is 10.1. The number of nitrogens with zero attached hydrogens (tertiary/aromatic N) is 1. The van der Waals surface area contributed by atoms with E-state index >= 15 is 0 Å². The maximum absolute atomic E-state index is 11.8. The number of hydrogen-bond acceptors (Lipinski definition) is 2. The van der Waals surface area contributed by atoms with Crippen LogP contribution in [0.4, 0.5) is 0 Å². The van der Waals surface area contributed by atoms with Gasteiger partial charge in [0.05, 0.1) is 5.25 Å². The number of carbonyl (C=O) groups is 1. The minimum absolute atomic E-state index is 0.141. The van der Waals surface area contributed by atoms with Gasteiger partial charge in [0.25, 0.3) is 5.91 Å². The molecule has 0 aliphatic rings. The molecule has 0 saturated carbocycles. The van der Waals surface area contributed by atoms with Crippen molar-refractivity contribution in [2.24, 2.45) is 0 Å². The zero-order chi connectivity index (χ0) is 12.1. The molecule has 0 fully saturated rings. The molecule has 1 aromatic carbocycles. The summed E-state index contributed by atoms with van der Waals surface area (Å²) in [4.78, 5) is 13.3. The Morgan fingerprint density at radius 2 is 2.00 bits per heavy atom. The Balaban J connectivity index is 2.65. The van der Waals surface area contributed by atoms with E-state index in [1.807, 2.05) is 6.07 Å². The quantitative estimate of drug-likeness (QED) is 0.810. The molecule has 0 aliphatic carbocycles. The first-order valence-corrected chi connectivity index (χ1v) is 6.09. The third-order valence-electron chi connectivity index (χ3n) is 2.24. The van der Waals surface area contributed by atoms with Gasteiger partial charge in [0.2, 0.25) is 0 Å². The van der Waals surface area contributed by atoms with Crippen LogP contribution in [0.1, 0.15) is 17.3 Å². The highest BCUT2D eigenvalue weighted by molar-refractivity contribution is 7.79. The molecule has 0 aliphatic heterocycles. The molecule has 5 heteroatoms. The van der Waals surface area contributed by atoms with E-state index in [2.05, 4.69) is 0 Å². The highest BCUT2D eigenvalue weighted by Crippen LogP contribution is 2.04. The monoisotopic (exact) mass is 241 g/mol. The van der Waals surface area contributed by atoms with E-state index in [1.165, 1.54) is 4.90 Å². The predicted octanol–water partition coefficient (Wildman–Crippen LogP) is 1.37. The van der Waals surface area contributed by atoms with Gasteiger partial charge in [-0.25, -0.2) is 4.21 Å².